The van der Waals surface area contributed by atoms with Crippen LogP contribution in [-0.4, -0.2) is 0 Å². The van der Waals surface area contributed by atoms with E-state index in [9.17, 15) is 0 Å². The minimum absolute atomic E-state index is 1.23. The Morgan fingerprint density at radius 1 is 0.609 bits per heavy atom. The van der Waals surface area contributed by atoms with E-state index in [4.69, 9.17) is 0 Å². The molecule has 0 heteroatoms. The van der Waals surface area contributed by atoms with Crippen molar-refractivity contribution in [1.82, 2.24) is 0 Å². The van der Waals surface area contributed by atoms with Crippen molar-refractivity contribution in [2.45, 2.75) is 47.5 Å². The van der Waals surface area contributed by atoms with Crippen LogP contribution in [0.5, 0.6) is 0 Å². The van der Waals surface area contributed by atoms with E-state index >= 15 is 0 Å². The predicted octanol–water partition coefficient (Wildman–Crippen LogP) is 7.30. The Bertz CT molecular complexity index is 495. The van der Waals surface area contributed by atoms with Crippen LogP contribution in [0.3, 0.4) is 0 Å². The monoisotopic (exact) mass is 308 g/mol. The molecule has 0 saturated heterocycles. The molecule has 0 aromatic heterocycles. The SMILES string of the molecule is CC.CC1=CCCC=C1.Cc1ccccc1.Cc1ccccc1. The molecule has 0 atom stereocenters. The van der Waals surface area contributed by atoms with Gasteiger partial charge in [-0.25, -0.2) is 0 Å². The zero-order valence-corrected chi connectivity index (χ0v) is 15.4. The molecule has 124 valence electrons. The van der Waals surface area contributed by atoms with Gasteiger partial charge in [0.1, 0.15) is 0 Å². The maximum Gasteiger partial charge on any atom is -0.0310 e. The Balaban J connectivity index is 0.000000299. The average Bonchev–Trinajstić information content (AvgIpc) is 2.60. The molecule has 23 heavy (non-hydrogen) atoms. The second kappa shape index (κ2) is 14.8. The minimum atomic E-state index is 1.23. The lowest BCUT2D eigenvalue weighted by Crippen LogP contribution is -1.76. The van der Waals surface area contributed by atoms with Crippen LogP contribution in [0.4, 0.5) is 0 Å². The molecular formula is C23H32. The summed E-state index contributed by atoms with van der Waals surface area (Å²) in [6.45, 7) is 10.3. The largest absolute Gasteiger partial charge is 0.0840 e. The van der Waals surface area contributed by atoms with Crippen LogP contribution in [0.25, 0.3) is 0 Å². The molecule has 2 aromatic carbocycles. The van der Waals surface area contributed by atoms with Crippen molar-refractivity contribution in [2.75, 3.05) is 0 Å². The standard InChI is InChI=1S/C7H10.2C7H8.C2H6/c3*1-7-5-3-2-4-6-7;1-2/h3,5-6H,2,4H2,1H3;2*2-6H,1H3;1-2H3. The highest BCUT2D eigenvalue weighted by Crippen LogP contribution is 2.06. The highest BCUT2D eigenvalue weighted by molar-refractivity contribution is 5.19. The quantitative estimate of drug-likeness (QED) is 0.479. The van der Waals surface area contributed by atoms with Gasteiger partial charge in [0, 0.05) is 0 Å². The second-order valence-corrected chi connectivity index (χ2v) is 5.24. The molecule has 1 aliphatic rings. The first-order chi connectivity index (χ1) is 11.2. The number of aryl methyl sites for hydroxylation is 2. The topological polar surface area (TPSA) is 0 Å². The first-order valence-electron chi connectivity index (χ1n) is 8.55. The molecule has 0 spiro atoms. The predicted molar refractivity (Wildman–Crippen MR) is 106 cm³/mol. The van der Waals surface area contributed by atoms with E-state index < -0.39 is 0 Å². The smallest absolute Gasteiger partial charge is 0.0310 e. The fourth-order valence-corrected chi connectivity index (χ4v) is 1.81. The Morgan fingerprint density at radius 2 is 1.04 bits per heavy atom. The second-order valence-electron chi connectivity index (χ2n) is 5.24. The van der Waals surface area contributed by atoms with E-state index in [1.165, 1.54) is 29.5 Å². The molecule has 0 radical (unpaired) electrons. The lowest BCUT2D eigenvalue weighted by Gasteiger charge is -1.96. The maximum atomic E-state index is 2.26. The van der Waals surface area contributed by atoms with E-state index in [0.29, 0.717) is 0 Å². The van der Waals surface area contributed by atoms with Crippen molar-refractivity contribution in [3.8, 4) is 0 Å². The Labute approximate surface area is 143 Å². The molecule has 0 bridgehead atoms. The van der Waals surface area contributed by atoms with Gasteiger partial charge in [-0.05, 0) is 33.6 Å². The van der Waals surface area contributed by atoms with Crippen molar-refractivity contribution < 1.29 is 0 Å². The summed E-state index contributed by atoms with van der Waals surface area (Å²) in [6.07, 6.45) is 9.12. The fraction of sp³-hybridized carbons (Fsp3) is 0.304. The molecule has 0 N–H and O–H groups in total. The zero-order chi connectivity index (χ0) is 17.3. The number of allylic oxidation sites excluding steroid dienone is 4. The normalized spacial score (nSPS) is 11.4. The molecule has 2 aromatic rings. The van der Waals surface area contributed by atoms with E-state index in [2.05, 4.69) is 63.3 Å². The molecule has 0 amide bonds. The van der Waals surface area contributed by atoms with Gasteiger partial charge in [-0.2, -0.15) is 0 Å². The summed E-state index contributed by atoms with van der Waals surface area (Å²) in [4.78, 5) is 0. The van der Waals surface area contributed by atoms with Crippen LogP contribution >= 0.6 is 0 Å². The Kier molecular flexibility index (Phi) is 13.5. The molecule has 0 saturated carbocycles. The average molecular weight is 309 g/mol. The Hall–Kier alpha value is -2.08. The van der Waals surface area contributed by atoms with Crippen LogP contribution < -0.4 is 0 Å². The molecule has 1 aliphatic carbocycles. The van der Waals surface area contributed by atoms with Crippen molar-refractivity contribution in [3.63, 3.8) is 0 Å². The summed E-state index contributed by atoms with van der Waals surface area (Å²) in [7, 11) is 0. The highest BCUT2D eigenvalue weighted by atomic mass is 13.9. The lowest BCUT2D eigenvalue weighted by molar-refractivity contribution is 1.02. The number of rotatable bonds is 0. The summed E-state index contributed by atoms with van der Waals surface area (Å²) in [5.41, 5.74) is 4.05. The van der Waals surface area contributed by atoms with Gasteiger partial charge in [0.25, 0.3) is 0 Å². The molecule has 0 aliphatic heterocycles. The summed E-state index contributed by atoms with van der Waals surface area (Å²) >= 11 is 0. The highest BCUT2D eigenvalue weighted by Gasteiger charge is 1.86. The van der Waals surface area contributed by atoms with Crippen molar-refractivity contribution in [2.24, 2.45) is 0 Å². The summed E-state index contributed by atoms with van der Waals surface area (Å²) < 4.78 is 0. The molecule has 3 rings (SSSR count). The van der Waals surface area contributed by atoms with Gasteiger partial charge in [-0.3, -0.25) is 0 Å². The molecular weight excluding hydrogens is 276 g/mol. The van der Waals surface area contributed by atoms with Gasteiger partial charge < -0.3 is 0 Å². The third-order valence-electron chi connectivity index (χ3n) is 3.06. The van der Waals surface area contributed by atoms with Crippen LogP contribution in [0.15, 0.2) is 84.5 Å². The number of benzene rings is 2. The van der Waals surface area contributed by atoms with Gasteiger partial charge >= 0.3 is 0 Å². The molecule has 0 nitrogen and oxygen atoms in total. The minimum Gasteiger partial charge on any atom is -0.0840 e. The first kappa shape index (κ1) is 20.9. The molecule has 0 fully saturated rings. The summed E-state index contributed by atoms with van der Waals surface area (Å²) in [5, 5.41) is 0. The fourth-order valence-electron chi connectivity index (χ4n) is 1.81. The van der Waals surface area contributed by atoms with E-state index in [1.54, 1.807) is 0 Å². The van der Waals surface area contributed by atoms with Crippen LogP contribution in [-0.2, 0) is 0 Å². The van der Waals surface area contributed by atoms with Crippen molar-refractivity contribution in [3.05, 3.63) is 95.6 Å². The number of hydrogen-bond donors (Lipinski definition) is 0. The Morgan fingerprint density at radius 3 is 1.22 bits per heavy atom. The van der Waals surface area contributed by atoms with Crippen molar-refractivity contribution >= 4 is 0 Å². The van der Waals surface area contributed by atoms with E-state index in [1.807, 2.05) is 50.2 Å². The van der Waals surface area contributed by atoms with Crippen LogP contribution in [0, 0.1) is 13.8 Å². The van der Waals surface area contributed by atoms with Crippen molar-refractivity contribution in [1.29, 1.82) is 0 Å². The van der Waals surface area contributed by atoms with Gasteiger partial charge in [0.2, 0.25) is 0 Å². The van der Waals surface area contributed by atoms with E-state index in [-0.39, 0.29) is 0 Å². The maximum absolute atomic E-state index is 2.26. The summed E-state index contributed by atoms with van der Waals surface area (Å²) in [6, 6.07) is 20.5. The van der Waals surface area contributed by atoms with Crippen LogP contribution in [0.2, 0.25) is 0 Å². The molecule has 0 unspecified atom stereocenters. The lowest BCUT2D eigenvalue weighted by atomic mass is 10.1. The summed E-state index contributed by atoms with van der Waals surface area (Å²) in [5.74, 6) is 0. The van der Waals surface area contributed by atoms with Crippen LogP contribution in [0.1, 0.15) is 44.7 Å². The first-order valence-corrected chi connectivity index (χ1v) is 8.55. The number of hydrogen-bond acceptors (Lipinski definition) is 0. The van der Waals surface area contributed by atoms with Gasteiger partial charge in [0.05, 0.1) is 0 Å². The van der Waals surface area contributed by atoms with Gasteiger partial charge in [-0.1, -0.05) is 109 Å². The molecule has 0 heterocycles. The van der Waals surface area contributed by atoms with Gasteiger partial charge in [0.15, 0.2) is 0 Å². The third kappa shape index (κ3) is 13.3. The van der Waals surface area contributed by atoms with Gasteiger partial charge in [-0.15, -0.1) is 0 Å². The third-order valence-corrected chi connectivity index (χ3v) is 3.06. The zero-order valence-electron chi connectivity index (χ0n) is 15.4. The van der Waals surface area contributed by atoms with E-state index in [0.717, 1.165) is 0 Å².